The Morgan fingerprint density at radius 2 is 0.681 bits per heavy atom. The molecule has 0 radical (unpaired) electrons. The Kier molecular flexibility index (Phi) is 9.88. The lowest BCUT2D eigenvalue weighted by molar-refractivity contribution is 1.18. The molecule has 13 rings (SSSR count). The molecule has 0 aliphatic rings. The average molecular weight is 895 g/mol. The summed E-state index contributed by atoms with van der Waals surface area (Å²) >= 11 is 0. The number of fused-ring (bicyclic) bond motifs is 6. The Morgan fingerprint density at radius 1 is 0.232 bits per heavy atom. The third kappa shape index (κ3) is 6.70. The number of aromatic nitrogens is 2. The molecule has 3 heteroatoms. The molecule has 0 aliphatic carbocycles. The zero-order chi connectivity index (χ0) is 45.7. The largest absolute Gasteiger partial charge is 0.309 e. The second kappa shape index (κ2) is 16.8. The topological polar surface area (TPSA) is 9.86 Å². The van der Waals surface area contributed by atoms with Crippen LogP contribution in [0.25, 0.3) is 88.4 Å². The molecule has 0 bridgehead atoms. The fourth-order valence-corrected chi connectivity index (χ4v) is 16.0. The first-order valence-corrected chi connectivity index (χ1v) is 25.8. The minimum Gasteiger partial charge on any atom is -0.309 e. The molecule has 0 unspecified atom stereocenters. The lowest BCUT2D eigenvalue weighted by Crippen LogP contribution is -2.74. The minimum absolute atomic E-state index is 1.14. The molecule has 0 saturated heterocycles. The molecule has 11 aromatic carbocycles. The highest BCUT2D eigenvalue weighted by atomic mass is 28.3. The molecule has 0 aliphatic heterocycles. The van der Waals surface area contributed by atoms with E-state index in [4.69, 9.17) is 0 Å². The summed E-state index contributed by atoms with van der Waals surface area (Å²) in [6, 6.07) is 103. The van der Waals surface area contributed by atoms with E-state index in [0.29, 0.717) is 0 Å². The highest BCUT2D eigenvalue weighted by Crippen LogP contribution is 2.41. The van der Waals surface area contributed by atoms with Gasteiger partial charge in [-0.05, 0) is 97.1 Å². The Hall–Kier alpha value is -8.76. The van der Waals surface area contributed by atoms with Gasteiger partial charge in [-0.3, -0.25) is 0 Å². The van der Waals surface area contributed by atoms with Gasteiger partial charge in [0.05, 0.1) is 22.1 Å². The van der Waals surface area contributed by atoms with Crippen molar-refractivity contribution in [1.29, 1.82) is 0 Å². The summed E-state index contributed by atoms with van der Waals surface area (Å²) in [5.41, 5.74) is 14.3. The van der Waals surface area contributed by atoms with Crippen molar-refractivity contribution in [2.45, 2.75) is 0 Å². The van der Waals surface area contributed by atoms with Gasteiger partial charge >= 0.3 is 0 Å². The summed E-state index contributed by atoms with van der Waals surface area (Å²) in [4.78, 5) is 0. The van der Waals surface area contributed by atoms with Crippen LogP contribution in [0.5, 0.6) is 0 Å². The van der Waals surface area contributed by atoms with E-state index in [1.165, 1.54) is 97.7 Å². The monoisotopic (exact) mass is 894 g/mol. The second-order valence-corrected chi connectivity index (χ2v) is 21.8. The summed E-state index contributed by atoms with van der Waals surface area (Å²) in [6.07, 6.45) is 0. The molecule has 13 aromatic rings. The van der Waals surface area contributed by atoms with Gasteiger partial charge in [0, 0.05) is 38.5 Å². The SMILES string of the molecule is c1ccc(-c2ccc(-n3c4ccccc4c4cccc(-c5ccc6c(c5)c5ccccc5n6-c5cccc([Si](c6ccccc6)(c6ccccc6)c6cccc(-c7ccccc7)c6)c5)c43)cc2)cc1. The van der Waals surface area contributed by atoms with E-state index >= 15 is 0 Å². The summed E-state index contributed by atoms with van der Waals surface area (Å²) in [7, 11) is -2.91. The first-order valence-electron chi connectivity index (χ1n) is 23.8. The van der Waals surface area contributed by atoms with Crippen LogP contribution in [0.15, 0.2) is 279 Å². The Balaban J connectivity index is 1.00. The van der Waals surface area contributed by atoms with Crippen molar-refractivity contribution in [3.05, 3.63) is 279 Å². The highest BCUT2D eigenvalue weighted by Gasteiger charge is 2.42. The molecule has 0 saturated carbocycles. The molecule has 0 fully saturated rings. The molecule has 69 heavy (non-hydrogen) atoms. The maximum absolute atomic E-state index is 2.91. The third-order valence-corrected chi connectivity index (χ3v) is 19.0. The summed E-state index contributed by atoms with van der Waals surface area (Å²) in [5, 5.41) is 10.3. The first kappa shape index (κ1) is 40.5. The van der Waals surface area contributed by atoms with Crippen molar-refractivity contribution in [1.82, 2.24) is 9.13 Å². The van der Waals surface area contributed by atoms with Gasteiger partial charge in [0.25, 0.3) is 0 Å². The average Bonchev–Trinajstić information content (AvgIpc) is 3.95. The molecule has 2 heterocycles. The van der Waals surface area contributed by atoms with E-state index in [-0.39, 0.29) is 0 Å². The van der Waals surface area contributed by atoms with Crippen LogP contribution in [0.4, 0.5) is 0 Å². The van der Waals surface area contributed by atoms with Gasteiger partial charge in [0.1, 0.15) is 0 Å². The highest BCUT2D eigenvalue weighted by molar-refractivity contribution is 7.20. The molecule has 0 atom stereocenters. The summed E-state index contributed by atoms with van der Waals surface area (Å²) < 4.78 is 4.94. The summed E-state index contributed by atoms with van der Waals surface area (Å²) in [6.45, 7) is 0. The van der Waals surface area contributed by atoms with Crippen LogP contribution in [0, 0.1) is 0 Å². The van der Waals surface area contributed by atoms with Gasteiger partial charge in [-0.15, -0.1) is 0 Å². The number of hydrogen-bond acceptors (Lipinski definition) is 0. The van der Waals surface area contributed by atoms with Gasteiger partial charge in [0.15, 0.2) is 8.07 Å². The van der Waals surface area contributed by atoms with Gasteiger partial charge < -0.3 is 9.13 Å². The number of hydrogen-bond donors (Lipinski definition) is 0. The number of benzene rings is 11. The van der Waals surface area contributed by atoms with Crippen molar-refractivity contribution in [3.8, 4) is 44.8 Å². The number of para-hydroxylation sites is 3. The van der Waals surface area contributed by atoms with E-state index in [1.54, 1.807) is 0 Å². The zero-order valence-electron chi connectivity index (χ0n) is 38.0. The standard InChI is InChI=1S/C66H46N2Si/c1-5-20-47(21-6-1)49-38-41-52(42-39-49)68-64-37-16-13-32-59(64)61-35-19-34-58(66(61)68)51-40-43-65-62(45-51)60-33-14-15-36-63(60)67(65)53-25-18-31-57(46-53)69(54-26-9-3-10-27-54,55-28-11-4-12-29-55)56-30-17-24-50(44-56)48-22-7-2-8-23-48/h1-46H. The smallest absolute Gasteiger partial charge is 0.179 e. The van der Waals surface area contributed by atoms with E-state index < -0.39 is 8.07 Å². The van der Waals surface area contributed by atoms with Crippen molar-refractivity contribution in [3.63, 3.8) is 0 Å². The van der Waals surface area contributed by atoms with E-state index in [0.717, 1.165) is 11.4 Å². The zero-order valence-corrected chi connectivity index (χ0v) is 39.0. The predicted octanol–water partition coefficient (Wildman–Crippen LogP) is 14.3. The number of rotatable bonds is 9. The fourth-order valence-electron chi connectivity index (χ4n) is 11.2. The Labute approximate surface area is 403 Å². The summed E-state index contributed by atoms with van der Waals surface area (Å²) in [5.74, 6) is 0. The quantitative estimate of drug-likeness (QED) is 0.101. The maximum atomic E-state index is 2.49. The Bertz CT molecular complexity index is 3940. The van der Waals surface area contributed by atoms with Crippen LogP contribution in [0.2, 0.25) is 0 Å². The molecule has 324 valence electrons. The maximum Gasteiger partial charge on any atom is 0.179 e. The van der Waals surface area contributed by atoms with Crippen molar-refractivity contribution >= 4 is 72.4 Å². The van der Waals surface area contributed by atoms with Crippen LogP contribution >= 0.6 is 0 Å². The van der Waals surface area contributed by atoms with E-state index in [2.05, 4.69) is 288 Å². The van der Waals surface area contributed by atoms with Crippen LogP contribution in [0.3, 0.4) is 0 Å². The molecule has 0 spiro atoms. The first-order chi connectivity index (χ1) is 34.2. The van der Waals surface area contributed by atoms with E-state index in [9.17, 15) is 0 Å². The van der Waals surface area contributed by atoms with E-state index in [1.807, 2.05) is 0 Å². The minimum atomic E-state index is -2.91. The molecule has 0 amide bonds. The second-order valence-electron chi connectivity index (χ2n) is 18.0. The molecular formula is C66H46N2Si. The lowest BCUT2D eigenvalue weighted by Gasteiger charge is -2.35. The fraction of sp³-hybridized carbons (Fsp3) is 0. The van der Waals surface area contributed by atoms with Crippen molar-refractivity contribution in [2.24, 2.45) is 0 Å². The predicted molar refractivity (Wildman–Crippen MR) is 295 cm³/mol. The van der Waals surface area contributed by atoms with Crippen molar-refractivity contribution < 1.29 is 0 Å². The molecule has 2 aromatic heterocycles. The number of nitrogens with zero attached hydrogens (tertiary/aromatic N) is 2. The molecule has 0 N–H and O–H groups in total. The van der Waals surface area contributed by atoms with Gasteiger partial charge in [0.2, 0.25) is 0 Å². The van der Waals surface area contributed by atoms with Crippen LogP contribution in [-0.4, -0.2) is 17.2 Å². The lowest BCUT2D eigenvalue weighted by atomic mass is 9.99. The Morgan fingerprint density at radius 3 is 1.35 bits per heavy atom. The molecule has 2 nitrogen and oxygen atoms in total. The van der Waals surface area contributed by atoms with Gasteiger partial charge in [-0.1, -0.05) is 231 Å². The van der Waals surface area contributed by atoms with Crippen LogP contribution in [-0.2, 0) is 0 Å². The van der Waals surface area contributed by atoms with Gasteiger partial charge in [-0.25, -0.2) is 0 Å². The molecular weight excluding hydrogens is 849 g/mol. The van der Waals surface area contributed by atoms with Crippen LogP contribution in [0.1, 0.15) is 0 Å². The van der Waals surface area contributed by atoms with Crippen LogP contribution < -0.4 is 20.7 Å². The van der Waals surface area contributed by atoms with Gasteiger partial charge in [-0.2, -0.15) is 0 Å². The van der Waals surface area contributed by atoms with Crippen molar-refractivity contribution in [2.75, 3.05) is 0 Å². The third-order valence-electron chi connectivity index (χ3n) is 14.3. The normalized spacial score (nSPS) is 11.8.